The number of aromatic nitrogens is 1. The minimum absolute atomic E-state index is 0.129. The van der Waals surface area contributed by atoms with Crippen LogP contribution in [-0.4, -0.2) is 16.9 Å². The highest BCUT2D eigenvalue weighted by atomic mass is 32.1. The third kappa shape index (κ3) is 3.52. The summed E-state index contributed by atoms with van der Waals surface area (Å²) >= 11 is 2.91. The van der Waals surface area contributed by atoms with E-state index < -0.39 is 11.9 Å². The summed E-state index contributed by atoms with van der Waals surface area (Å²) in [5.41, 5.74) is 7.06. The average molecular weight is 358 g/mol. The summed E-state index contributed by atoms with van der Waals surface area (Å²) in [4.78, 5) is 29.3. The third-order valence-corrected chi connectivity index (χ3v) is 5.50. The van der Waals surface area contributed by atoms with E-state index in [1.165, 1.54) is 11.3 Å². The third-order valence-electron chi connectivity index (χ3n) is 3.32. The van der Waals surface area contributed by atoms with Crippen molar-refractivity contribution >= 4 is 34.6 Å². The fourth-order valence-electron chi connectivity index (χ4n) is 2.07. The van der Waals surface area contributed by atoms with Crippen LogP contribution in [0.4, 0.5) is 0 Å². The molecule has 1 aromatic carbocycles. The van der Waals surface area contributed by atoms with Gasteiger partial charge in [-0.05, 0) is 36.1 Å². The molecule has 0 atom stereocenters. The van der Waals surface area contributed by atoms with Crippen molar-refractivity contribution in [3.05, 3.63) is 63.5 Å². The number of aryl methyl sites for hydroxylation is 1. The fraction of sp³-hybridized carbons (Fsp3) is 0.118. The quantitative estimate of drug-likeness (QED) is 0.706. The van der Waals surface area contributed by atoms with E-state index in [2.05, 4.69) is 4.98 Å². The Morgan fingerprint density at radius 1 is 1.21 bits per heavy atom. The van der Waals surface area contributed by atoms with E-state index in [4.69, 9.17) is 10.5 Å². The summed E-state index contributed by atoms with van der Waals surface area (Å²) in [6.45, 7) is 1.93. The monoisotopic (exact) mass is 358 g/mol. The molecule has 0 radical (unpaired) electrons. The van der Waals surface area contributed by atoms with Crippen molar-refractivity contribution in [1.29, 1.82) is 0 Å². The molecule has 5 nitrogen and oxygen atoms in total. The molecule has 0 saturated carbocycles. The number of rotatable bonds is 5. The molecule has 3 rings (SSSR count). The molecule has 0 spiro atoms. The Morgan fingerprint density at radius 2 is 1.96 bits per heavy atom. The molecule has 0 unspecified atom stereocenters. The fourth-order valence-corrected chi connectivity index (χ4v) is 3.83. The Balaban J connectivity index is 1.68. The van der Waals surface area contributed by atoms with Crippen molar-refractivity contribution in [3.8, 4) is 9.88 Å². The number of carbonyl (C=O) groups is 2. The van der Waals surface area contributed by atoms with Crippen molar-refractivity contribution in [3.63, 3.8) is 0 Å². The predicted molar refractivity (Wildman–Crippen MR) is 94.2 cm³/mol. The van der Waals surface area contributed by atoms with Crippen LogP contribution in [0.3, 0.4) is 0 Å². The zero-order valence-electron chi connectivity index (χ0n) is 12.8. The summed E-state index contributed by atoms with van der Waals surface area (Å²) in [7, 11) is 0. The molecule has 2 N–H and O–H groups in total. The van der Waals surface area contributed by atoms with Crippen LogP contribution >= 0.6 is 22.7 Å². The molecule has 2 heterocycles. The second-order valence-corrected chi connectivity index (χ2v) is 6.99. The Labute approximate surface area is 146 Å². The standard InChI is InChI=1S/C17H14N2O3S2/c1-10-14(24-16(19-10)13-3-2-8-23-13)17(21)22-9-11-4-6-12(7-5-11)15(18)20/h2-8H,9H2,1H3,(H2,18,20). The van der Waals surface area contributed by atoms with E-state index in [-0.39, 0.29) is 6.61 Å². The lowest BCUT2D eigenvalue weighted by atomic mass is 10.1. The summed E-state index contributed by atoms with van der Waals surface area (Å²) in [5.74, 6) is -0.883. The Hall–Kier alpha value is -2.51. The van der Waals surface area contributed by atoms with Gasteiger partial charge in [0.05, 0.1) is 10.6 Å². The van der Waals surface area contributed by atoms with Gasteiger partial charge in [-0.15, -0.1) is 22.7 Å². The Kier molecular flexibility index (Phi) is 4.73. The van der Waals surface area contributed by atoms with E-state index in [1.54, 1.807) is 42.5 Å². The van der Waals surface area contributed by atoms with Gasteiger partial charge in [-0.25, -0.2) is 9.78 Å². The molecule has 0 saturated heterocycles. The molecule has 3 aromatic rings. The number of primary amides is 1. The van der Waals surface area contributed by atoms with Crippen molar-refractivity contribution in [2.45, 2.75) is 13.5 Å². The van der Waals surface area contributed by atoms with Crippen LogP contribution in [-0.2, 0) is 11.3 Å². The summed E-state index contributed by atoms with van der Waals surface area (Å²) in [5, 5.41) is 2.79. The zero-order valence-corrected chi connectivity index (χ0v) is 14.4. The molecule has 0 aliphatic rings. The number of hydrogen-bond acceptors (Lipinski definition) is 6. The lowest BCUT2D eigenvalue weighted by Crippen LogP contribution is -2.10. The highest BCUT2D eigenvalue weighted by molar-refractivity contribution is 7.22. The maximum atomic E-state index is 12.3. The minimum Gasteiger partial charge on any atom is -0.457 e. The van der Waals surface area contributed by atoms with Crippen LogP contribution in [0.5, 0.6) is 0 Å². The molecule has 0 fully saturated rings. The molecular formula is C17H14N2O3S2. The van der Waals surface area contributed by atoms with Crippen LogP contribution in [0.1, 0.15) is 31.3 Å². The molecule has 0 aliphatic carbocycles. The van der Waals surface area contributed by atoms with Crippen LogP contribution < -0.4 is 5.73 Å². The minimum atomic E-state index is -0.486. The Bertz CT molecular complexity index is 868. The second-order valence-electron chi connectivity index (χ2n) is 5.05. The van der Waals surface area contributed by atoms with Gasteiger partial charge in [0.15, 0.2) is 0 Å². The molecule has 0 aliphatic heterocycles. The number of ether oxygens (including phenoxy) is 1. The smallest absolute Gasteiger partial charge is 0.350 e. The van der Waals surface area contributed by atoms with Crippen molar-refractivity contribution in [2.24, 2.45) is 5.73 Å². The van der Waals surface area contributed by atoms with Crippen molar-refractivity contribution < 1.29 is 14.3 Å². The van der Waals surface area contributed by atoms with Gasteiger partial charge in [0.25, 0.3) is 0 Å². The van der Waals surface area contributed by atoms with E-state index in [0.717, 1.165) is 15.4 Å². The molecule has 1 amide bonds. The van der Waals surface area contributed by atoms with Gasteiger partial charge in [0.2, 0.25) is 5.91 Å². The molecule has 7 heteroatoms. The number of carbonyl (C=O) groups excluding carboxylic acids is 2. The first-order valence-corrected chi connectivity index (χ1v) is 8.81. The molecule has 2 aromatic heterocycles. The van der Waals surface area contributed by atoms with Crippen LogP contribution in [0.2, 0.25) is 0 Å². The SMILES string of the molecule is Cc1nc(-c2cccs2)sc1C(=O)OCc1ccc(C(N)=O)cc1. The zero-order chi connectivity index (χ0) is 17.1. The number of benzene rings is 1. The highest BCUT2D eigenvalue weighted by Crippen LogP contribution is 2.31. The predicted octanol–water partition coefficient (Wildman–Crippen LogP) is 3.64. The first kappa shape index (κ1) is 16.4. The average Bonchev–Trinajstić information content (AvgIpc) is 3.22. The van der Waals surface area contributed by atoms with Gasteiger partial charge in [-0.1, -0.05) is 18.2 Å². The summed E-state index contributed by atoms with van der Waals surface area (Å²) in [6.07, 6.45) is 0. The number of nitrogens with zero attached hydrogens (tertiary/aromatic N) is 1. The van der Waals surface area contributed by atoms with E-state index in [1.807, 2.05) is 17.5 Å². The molecule has 0 bridgehead atoms. The number of thiazole rings is 1. The van der Waals surface area contributed by atoms with E-state index in [0.29, 0.717) is 16.1 Å². The maximum absolute atomic E-state index is 12.3. The second kappa shape index (κ2) is 6.94. The van der Waals surface area contributed by atoms with Gasteiger partial charge in [-0.3, -0.25) is 4.79 Å². The molecule has 24 heavy (non-hydrogen) atoms. The van der Waals surface area contributed by atoms with Gasteiger partial charge in [0.1, 0.15) is 16.5 Å². The largest absolute Gasteiger partial charge is 0.457 e. The Morgan fingerprint density at radius 3 is 2.58 bits per heavy atom. The number of amides is 1. The van der Waals surface area contributed by atoms with Gasteiger partial charge < -0.3 is 10.5 Å². The van der Waals surface area contributed by atoms with Gasteiger partial charge in [0, 0.05) is 5.56 Å². The first-order valence-electron chi connectivity index (χ1n) is 7.12. The van der Waals surface area contributed by atoms with Crippen LogP contribution in [0.25, 0.3) is 9.88 Å². The lowest BCUT2D eigenvalue weighted by molar-refractivity contribution is 0.0477. The van der Waals surface area contributed by atoms with Gasteiger partial charge >= 0.3 is 5.97 Å². The van der Waals surface area contributed by atoms with Crippen LogP contribution in [0.15, 0.2) is 41.8 Å². The topological polar surface area (TPSA) is 82.3 Å². The normalized spacial score (nSPS) is 10.5. The molecule has 122 valence electrons. The lowest BCUT2D eigenvalue weighted by Gasteiger charge is -2.04. The van der Waals surface area contributed by atoms with Crippen LogP contribution in [0, 0.1) is 6.92 Å². The number of nitrogens with two attached hydrogens (primary N) is 1. The maximum Gasteiger partial charge on any atom is 0.350 e. The number of thiophene rings is 1. The summed E-state index contributed by atoms with van der Waals surface area (Å²) in [6, 6.07) is 10.6. The first-order chi connectivity index (χ1) is 11.5. The van der Waals surface area contributed by atoms with Gasteiger partial charge in [-0.2, -0.15) is 0 Å². The van der Waals surface area contributed by atoms with E-state index >= 15 is 0 Å². The highest BCUT2D eigenvalue weighted by Gasteiger charge is 2.18. The van der Waals surface area contributed by atoms with Crippen molar-refractivity contribution in [2.75, 3.05) is 0 Å². The summed E-state index contributed by atoms with van der Waals surface area (Å²) < 4.78 is 5.34. The van der Waals surface area contributed by atoms with Crippen molar-refractivity contribution in [1.82, 2.24) is 4.98 Å². The molecular weight excluding hydrogens is 344 g/mol. The van der Waals surface area contributed by atoms with E-state index in [9.17, 15) is 9.59 Å². The number of hydrogen-bond donors (Lipinski definition) is 1. The number of esters is 1.